The molecule has 0 aliphatic carbocycles. The van der Waals surface area contributed by atoms with Crippen molar-refractivity contribution in [1.82, 2.24) is 9.78 Å². The Morgan fingerprint density at radius 3 is 2.75 bits per heavy atom. The van der Waals surface area contributed by atoms with Gasteiger partial charge in [-0.2, -0.15) is 4.68 Å². The summed E-state index contributed by atoms with van der Waals surface area (Å²) in [6.07, 6.45) is 8.20. The van der Waals surface area contributed by atoms with Gasteiger partial charge in [0.2, 0.25) is 0 Å². The summed E-state index contributed by atoms with van der Waals surface area (Å²) in [6, 6.07) is 1.36. The molecule has 1 heterocycles. The molecule has 0 amide bonds. The van der Waals surface area contributed by atoms with Gasteiger partial charge < -0.3 is 14.9 Å². The lowest BCUT2D eigenvalue weighted by molar-refractivity contribution is -0.389. The first-order valence-electron chi connectivity index (χ1n) is 4.80. The fourth-order valence-corrected chi connectivity index (χ4v) is 1.61. The molecule has 0 aliphatic heterocycles. The van der Waals surface area contributed by atoms with E-state index in [-0.39, 0.29) is 12.5 Å². The van der Waals surface area contributed by atoms with Gasteiger partial charge in [0.25, 0.3) is 0 Å². The number of nitro groups is 1. The van der Waals surface area contributed by atoms with Crippen molar-refractivity contribution in [3.63, 3.8) is 0 Å². The number of hydrogen-bond acceptors (Lipinski definition) is 4. The number of nitrogens with zero attached hydrogens (tertiary/aromatic N) is 3. The number of aromatic nitrogens is 2. The average Bonchev–Trinajstić information content (AvgIpc) is 2.59. The lowest BCUT2D eigenvalue weighted by atomic mass is 10.7. The Labute approximate surface area is 96.1 Å². The van der Waals surface area contributed by atoms with Crippen molar-refractivity contribution in [2.24, 2.45) is 0 Å². The molecule has 0 spiro atoms. The quantitative estimate of drug-likeness (QED) is 0.433. The van der Waals surface area contributed by atoms with Gasteiger partial charge in [0.1, 0.15) is 0 Å². The Morgan fingerprint density at radius 1 is 1.56 bits per heavy atom. The second-order valence-electron chi connectivity index (χ2n) is 4.30. The van der Waals surface area contributed by atoms with Crippen LogP contribution in [0, 0.1) is 10.1 Å². The molecular weight excluding hydrogens is 230 g/mol. The Balaban J connectivity index is 2.30. The second kappa shape index (κ2) is 5.31. The molecule has 0 saturated carbocycles. The highest BCUT2D eigenvalue weighted by Crippen LogP contribution is 2.33. The summed E-state index contributed by atoms with van der Waals surface area (Å²) >= 11 is 0. The van der Waals surface area contributed by atoms with Gasteiger partial charge in [0, 0.05) is 5.75 Å². The lowest BCUT2D eigenvalue weighted by Gasteiger charge is -2.24. The maximum atomic E-state index is 10.4. The van der Waals surface area contributed by atoms with Crippen LogP contribution in [-0.4, -0.2) is 45.8 Å². The molecular formula is C9H17N3O3S. The Bertz CT molecular complexity index is 359. The molecule has 0 unspecified atom stereocenters. The van der Waals surface area contributed by atoms with Crippen LogP contribution >= 0.6 is 10.0 Å². The van der Waals surface area contributed by atoms with Gasteiger partial charge in [-0.3, -0.25) is 0 Å². The van der Waals surface area contributed by atoms with E-state index in [1.165, 1.54) is 10.7 Å². The third-order valence-corrected chi connectivity index (χ3v) is 3.27. The molecule has 16 heavy (non-hydrogen) atoms. The maximum Gasteiger partial charge on any atom is 0.390 e. The van der Waals surface area contributed by atoms with E-state index < -0.39 is 15.0 Å². The van der Waals surface area contributed by atoms with Crippen LogP contribution in [0.2, 0.25) is 0 Å². The van der Waals surface area contributed by atoms with Gasteiger partial charge in [-0.25, -0.2) is 10.0 Å². The fourth-order valence-electron chi connectivity index (χ4n) is 0.987. The highest BCUT2D eigenvalue weighted by molar-refractivity contribution is 8.32. The number of ether oxygens (including phenoxy) is 1. The molecule has 0 aromatic carbocycles. The van der Waals surface area contributed by atoms with Crippen molar-refractivity contribution < 1.29 is 9.66 Å². The predicted octanol–water partition coefficient (Wildman–Crippen LogP) is 1.46. The normalized spacial score (nSPS) is 12.7. The van der Waals surface area contributed by atoms with Crippen LogP contribution < -0.4 is 0 Å². The summed E-state index contributed by atoms with van der Waals surface area (Å²) in [5.41, 5.74) is 0. The molecule has 1 aromatic rings. The molecule has 0 atom stereocenters. The van der Waals surface area contributed by atoms with Crippen LogP contribution in [0.5, 0.6) is 0 Å². The SMILES string of the molecule is CS(C)(C)CCOCn1ccc([N+](=O)[O-])n1. The second-order valence-corrected chi connectivity index (χ2v) is 8.89. The van der Waals surface area contributed by atoms with Gasteiger partial charge in [-0.15, -0.1) is 0 Å². The third kappa shape index (κ3) is 4.63. The maximum absolute atomic E-state index is 10.4. The van der Waals surface area contributed by atoms with Crippen molar-refractivity contribution in [1.29, 1.82) is 0 Å². The minimum absolute atomic E-state index is 0.148. The molecule has 92 valence electrons. The highest BCUT2D eigenvalue weighted by atomic mass is 32.3. The van der Waals surface area contributed by atoms with E-state index in [1.54, 1.807) is 6.20 Å². The highest BCUT2D eigenvalue weighted by Gasteiger charge is 2.10. The third-order valence-electron chi connectivity index (χ3n) is 1.88. The summed E-state index contributed by atoms with van der Waals surface area (Å²) in [5, 5.41) is 14.1. The van der Waals surface area contributed by atoms with Gasteiger partial charge in [-0.05, 0) is 23.7 Å². The Kier molecular flexibility index (Phi) is 4.31. The van der Waals surface area contributed by atoms with E-state index in [2.05, 4.69) is 23.9 Å². The molecule has 1 rings (SSSR count). The molecule has 6 nitrogen and oxygen atoms in total. The summed E-state index contributed by atoms with van der Waals surface area (Å²) < 4.78 is 6.81. The zero-order chi connectivity index (χ0) is 12.2. The van der Waals surface area contributed by atoms with Crippen LogP contribution in [0.15, 0.2) is 12.3 Å². The molecule has 0 fully saturated rings. The van der Waals surface area contributed by atoms with Crippen molar-refractivity contribution in [3.8, 4) is 0 Å². The van der Waals surface area contributed by atoms with Crippen LogP contribution in [0.1, 0.15) is 0 Å². The summed E-state index contributed by atoms with van der Waals surface area (Å²) in [5.74, 6) is 0.876. The standard InChI is InChI=1S/C9H17N3O3S/c1-16(2,3)7-6-15-8-11-5-4-9(10-11)12(13)14/h4-5H,6-8H2,1-3H3. The first-order valence-corrected chi connectivity index (χ1v) is 7.83. The molecule has 1 aromatic heterocycles. The summed E-state index contributed by atoms with van der Waals surface area (Å²) in [7, 11) is -0.550. The molecule has 0 N–H and O–H groups in total. The smallest absolute Gasteiger partial charge is 0.358 e. The van der Waals surface area contributed by atoms with Crippen LogP contribution in [0.4, 0.5) is 5.82 Å². The predicted molar refractivity (Wildman–Crippen MR) is 65.1 cm³/mol. The van der Waals surface area contributed by atoms with Crippen LogP contribution in [0.25, 0.3) is 0 Å². The number of hydrogen-bond donors (Lipinski definition) is 0. The van der Waals surface area contributed by atoms with E-state index in [1.807, 2.05) is 0 Å². The van der Waals surface area contributed by atoms with E-state index in [4.69, 9.17) is 4.74 Å². The zero-order valence-corrected chi connectivity index (χ0v) is 10.6. The monoisotopic (exact) mass is 247 g/mol. The first-order chi connectivity index (χ1) is 7.38. The van der Waals surface area contributed by atoms with Crippen LogP contribution in [-0.2, 0) is 11.5 Å². The van der Waals surface area contributed by atoms with E-state index in [0.29, 0.717) is 6.61 Å². The van der Waals surface area contributed by atoms with Gasteiger partial charge >= 0.3 is 5.82 Å². The Hall–Kier alpha value is -1.08. The zero-order valence-electron chi connectivity index (χ0n) is 9.75. The summed E-state index contributed by atoms with van der Waals surface area (Å²) in [4.78, 5) is 9.85. The van der Waals surface area contributed by atoms with Gasteiger partial charge in [0.15, 0.2) is 6.73 Å². The molecule has 0 aliphatic rings. The minimum atomic E-state index is -0.550. The van der Waals surface area contributed by atoms with Crippen molar-refractivity contribution >= 4 is 15.8 Å². The minimum Gasteiger partial charge on any atom is -0.358 e. The molecule has 0 bridgehead atoms. The van der Waals surface area contributed by atoms with Crippen LogP contribution in [0.3, 0.4) is 0 Å². The van der Waals surface area contributed by atoms with Crippen molar-refractivity contribution in [3.05, 3.63) is 22.4 Å². The Morgan fingerprint density at radius 2 is 2.25 bits per heavy atom. The average molecular weight is 247 g/mol. The molecule has 7 heteroatoms. The van der Waals surface area contributed by atoms with Gasteiger partial charge in [-0.1, -0.05) is 0 Å². The topological polar surface area (TPSA) is 70.2 Å². The van der Waals surface area contributed by atoms with Crippen molar-refractivity contribution in [2.45, 2.75) is 6.73 Å². The summed E-state index contributed by atoms with van der Waals surface area (Å²) in [6.45, 7) is 0.926. The largest absolute Gasteiger partial charge is 0.390 e. The van der Waals surface area contributed by atoms with Gasteiger partial charge in [0.05, 0.1) is 24.0 Å². The fraction of sp³-hybridized carbons (Fsp3) is 0.667. The number of rotatable bonds is 6. The van der Waals surface area contributed by atoms with E-state index in [9.17, 15) is 10.1 Å². The van der Waals surface area contributed by atoms with E-state index >= 15 is 0 Å². The molecule has 0 saturated heterocycles. The van der Waals surface area contributed by atoms with Crippen molar-refractivity contribution in [2.75, 3.05) is 31.1 Å². The van der Waals surface area contributed by atoms with E-state index in [0.717, 1.165) is 5.75 Å². The molecule has 0 radical (unpaired) electrons. The first kappa shape index (κ1) is 13.0. The lowest BCUT2D eigenvalue weighted by Crippen LogP contribution is -2.10.